The SMILES string of the molecule is CCC(CC1CC1)NS(=O)(=O)c1cn(CC)nc1N. The van der Waals surface area contributed by atoms with Crippen LogP contribution in [0, 0.1) is 5.92 Å². The van der Waals surface area contributed by atoms with Crippen LogP contribution < -0.4 is 10.5 Å². The van der Waals surface area contributed by atoms with Crippen LogP contribution in [0.1, 0.15) is 39.5 Å². The molecule has 1 atom stereocenters. The predicted molar refractivity (Wildman–Crippen MR) is 74.1 cm³/mol. The molecule has 0 aliphatic heterocycles. The third-order valence-electron chi connectivity index (χ3n) is 3.50. The maximum atomic E-state index is 12.3. The largest absolute Gasteiger partial charge is 0.381 e. The summed E-state index contributed by atoms with van der Waals surface area (Å²) in [7, 11) is -3.57. The standard InChI is InChI=1S/C12H22N4O2S/c1-3-10(7-9-5-6-9)15-19(17,18)11-8-16(4-2)14-12(11)13/h8-10,15H,3-7H2,1-2H3,(H2,13,14). The Morgan fingerprint density at radius 3 is 2.68 bits per heavy atom. The van der Waals surface area contributed by atoms with Gasteiger partial charge in [-0.1, -0.05) is 19.8 Å². The van der Waals surface area contributed by atoms with Gasteiger partial charge in [-0.15, -0.1) is 0 Å². The minimum atomic E-state index is -3.57. The van der Waals surface area contributed by atoms with E-state index in [1.54, 1.807) is 0 Å². The monoisotopic (exact) mass is 286 g/mol. The molecule has 0 amide bonds. The van der Waals surface area contributed by atoms with Crippen LogP contribution in [0.5, 0.6) is 0 Å². The Kier molecular flexibility index (Phi) is 4.15. The second-order valence-corrected chi connectivity index (χ2v) is 6.82. The van der Waals surface area contributed by atoms with Crippen molar-refractivity contribution in [2.24, 2.45) is 5.92 Å². The third kappa shape index (κ3) is 3.48. The Morgan fingerprint density at radius 1 is 1.53 bits per heavy atom. The summed E-state index contributed by atoms with van der Waals surface area (Å²) in [5.41, 5.74) is 5.68. The molecule has 7 heteroatoms. The van der Waals surface area contributed by atoms with Gasteiger partial charge < -0.3 is 5.73 Å². The van der Waals surface area contributed by atoms with Crippen LogP contribution in [0.3, 0.4) is 0 Å². The van der Waals surface area contributed by atoms with Gasteiger partial charge in [0.15, 0.2) is 5.82 Å². The summed E-state index contributed by atoms with van der Waals surface area (Å²) in [5.74, 6) is 0.749. The average Bonchev–Trinajstić information content (AvgIpc) is 3.08. The summed E-state index contributed by atoms with van der Waals surface area (Å²) in [6, 6.07) is -0.0122. The molecule has 1 aliphatic rings. The fraction of sp³-hybridized carbons (Fsp3) is 0.750. The van der Waals surface area contributed by atoms with Gasteiger partial charge in [-0.3, -0.25) is 4.68 Å². The first kappa shape index (κ1) is 14.3. The van der Waals surface area contributed by atoms with Crippen LogP contribution in [-0.4, -0.2) is 24.2 Å². The normalized spacial score (nSPS) is 17.6. The van der Waals surface area contributed by atoms with Crippen LogP contribution in [0.4, 0.5) is 5.82 Å². The summed E-state index contributed by atoms with van der Waals surface area (Å²) >= 11 is 0. The number of anilines is 1. The molecule has 1 unspecified atom stereocenters. The van der Waals surface area contributed by atoms with Crippen LogP contribution in [-0.2, 0) is 16.6 Å². The van der Waals surface area contributed by atoms with Crippen molar-refractivity contribution >= 4 is 15.8 Å². The molecule has 2 rings (SSSR count). The van der Waals surface area contributed by atoms with E-state index in [0.29, 0.717) is 12.5 Å². The molecule has 19 heavy (non-hydrogen) atoms. The molecular formula is C12H22N4O2S. The number of nitrogens with zero attached hydrogens (tertiary/aromatic N) is 2. The molecule has 1 aliphatic carbocycles. The van der Waals surface area contributed by atoms with E-state index in [1.165, 1.54) is 23.7 Å². The number of nitrogens with two attached hydrogens (primary N) is 1. The Labute approximate surface area is 114 Å². The summed E-state index contributed by atoms with van der Waals surface area (Å²) in [5, 5.41) is 3.98. The molecule has 1 aromatic heterocycles. The number of sulfonamides is 1. The van der Waals surface area contributed by atoms with Gasteiger partial charge in [-0.05, 0) is 25.7 Å². The highest BCUT2D eigenvalue weighted by atomic mass is 32.2. The maximum absolute atomic E-state index is 12.3. The Hall–Kier alpha value is -1.08. The first-order valence-electron chi connectivity index (χ1n) is 6.81. The van der Waals surface area contributed by atoms with Crippen molar-refractivity contribution in [2.45, 2.75) is 57.0 Å². The van der Waals surface area contributed by atoms with Crippen molar-refractivity contribution in [1.82, 2.24) is 14.5 Å². The van der Waals surface area contributed by atoms with Crippen LogP contribution in [0.15, 0.2) is 11.1 Å². The zero-order valence-corrected chi connectivity index (χ0v) is 12.3. The van der Waals surface area contributed by atoms with E-state index < -0.39 is 10.0 Å². The molecule has 6 nitrogen and oxygen atoms in total. The molecule has 0 radical (unpaired) electrons. The highest BCUT2D eigenvalue weighted by molar-refractivity contribution is 7.89. The Bertz CT molecular complexity index is 534. The van der Waals surface area contributed by atoms with Gasteiger partial charge in [-0.2, -0.15) is 5.10 Å². The Morgan fingerprint density at radius 2 is 2.21 bits per heavy atom. The molecule has 0 spiro atoms. The summed E-state index contributed by atoms with van der Waals surface area (Å²) in [6.07, 6.45) is 5.62. The van der Waals surface area contributed by atoms with Crippen LogP contribution in [0.2, 0.25) is 0 Å². The number of aryl methyl sites for hydroxylation is 1. The van der Waals surface area contributed by atoms with Gasteiger partial charge in [0.1, 0.15) is 4.90 Å². The lowest BCUT2D eigenvalue weighted by Crippen LogP contribution is -2.35. The van der Waals surface area contributed by atoms with Crippen molar-refractivity contribution in [3.8, 4) is 0 Å². The molecule has 1 saturated carbocycles. The van der Waals surface area contributed by atoms with Crippen molar-refractivity contribution in [3.05, 3.63) is 6.20 Å². The summed E-state index contributed by atoms with van der Waals surface area (Å²) in [4.78, 5) is 0.0867. The van der Waals surface area contributed by atoms with E-state index in [2.05, 4.69) is 9.82 Å². The fourth-order valence-corrected chi connectivity index (χ4v) is 3.53. The molecule has 1 fully saturated rings. The van der Waals surface area contributed by atoms with Gasteiger partial charge in [0.2, 0.25) is 10.0 Å². The van der Waals surface area contributed by atoms with Gasteiger partial charge in [0.25, 0.3) is 0 Å². The van der Waals surface area contributed by atoms with E-state index in [1.807, 2.05) is 13.8 Å². The molecule has 1 aromatic rings. The first-order valence-corrected chi connectivity index (χ1v) is 8.29. The van der Waals surface area contributed by atoms with Gasteiger partial charge in [0, 0.05) is 18.8 Å². The van der Waals surface area contributed by atoms with E-state index in [0.717, 1.165) is 12.8 Å². The van der Waals surface area contributed by atoms with E-state index in [9.17, 15) is 8.42 Å². The highest BCUT2D eigenvalue weighted by Crippen LogP contribution is 2.34. The van der Waals surface area contributed by atoms with Gasteiger partial charge >= 0.3 is 0 Å². The molecule has 0 saturated heterocycles. The van der Waals surface area contributed by atoms with Crippen LogP contribution in [0.25, 0.3) is 0 Å². The van der Waals surface area contributed by atoms with Gasteiger partial charge in [-0.25, -0.2) is 13.1 Å². The quantitative estimate of drug-likeness (QED) is 0.791. The summed E-state index contributed by atoms with van der Waals surface area (Å²) < 4.78 is 28.9. The Balaban J connectivity index is 2.13. The zero-order chi connectivity index (χ0) is 14.0. The minimum Gasteiger partial charge on any atom is -0.381 e. The molecule has 108 valence electrons. The molecule has 0 bridgehead atoms. The van der Waals surface area contributed by atoms with E-state index in [-0.39, 0.29) is 16.8 Å². The maximum Gasteiger partial charge on any atom is 0.246 e. The van der Waals surface area contributed by atoms with E-state index >= 15 is 0 Å². The summed E-state index contributed by atoms with van der Waals surface area (Å²) in [6.45, 7) is 4.48. The predicted octanol–water partition coefficient (Wildman–Crippen LogP) is 1.34. The topological polar surface area (TPSA) is 90.0 Å². The van der Waals surface area contributed by atoms with E-state index in [4.69, 9.17) is 5.73 Å². The smallest absolute Gasteiger partial charge is 0.246 e. The van der Waals surface area contributed by atoms with Crippen molar-refractivity contribution in [1.29, 1.82) is 0 Å². The highest BCUT2D eigenvalue weighted by Gasteiger charge is 2.29. The second-order valence-electron chi connectivity index (χ2n) is 5.14. The number of nitrogen functional groups attached to an aromatic ring is 1. The molecule has 0 aromatic carbocycles. The van der Waals surface area contributed by atoms with Gasteiger partial charge in [0.05, 0.1) is 0 Å². The molecule has 1 heterocycles. The second kappa shape index (κ2) is 5.50. The lowest BCUT2D eigenvalue weighted by molar-refractivity contribution is 0.495. The first-order chi connectivity index (χ1) is 8.96. The lowest BCUT2D eigenvalue weighted by Gasteiger charge is -2.16. The van der Waals surface area contributed by atoms with Crippen LogP contribution >= 0.6 is 0 Å². The minimum absolute atomic E-state index is 0.0122. The van der Waals surface area contributed by atoms with Crippen molar-refractivity contribution in [3.63, 3.8) is 0 Å². The number of rotatable bonds is 7. The number of hydrogen-bond donors (Lipinski definition) is 2. The zero-order valence-electron chi connectivity index (χ0n) is 11.5. The third-order valence-corrected chi connectivity index (χ3v) is 5.04. The number of aromatic nitrogens is 2. The van der Waals surface area contributed by atoms with Crippen molar-refractivity contribution in [2.75, 3.05) is 5.73 Å². The van der Waals surface area contributed by atoms with Crippen molar-refractivity contribution < 1.29 is 8.42 Å². The number of hydrogen-bond acceptors (Lipinski definition) is 4. The lowest BCUT2D eigenvalue weighted by atomic mass is 10.1. The molecular weight excluding hydrogens is 264 g/mol. The fourth-order valence-electron chi connectivity index (χ4n) is 2.12. The number of nitrogens with one attached hydrogen (secondary N) is 1. The molecule has 3 N–H and O–H groups in total. The average molecular weight is 286 g/mol.